The van der Waals surface area contributed by atoms with Crippen molar-refractivity contribution in [3.05, 3.63) is 48.6 Å². The third-order valence-electron chi connectivity index (χ3n) is 3.75. The van der Waals surface area contributed by atoms with E-state index in [9.17, 15) is 5.11 Å². The first-order valence-corrected chi connectivity index (χ1v) is 8.02. The molecule has 0 aromatic heterocycles. The summed E-state index contributed by atoms with van der Waals surface area (Å²) in [6.07, 6.45) is 3.72. The predicted octanol–water partition coefficient (Wildman–Crippen LogP) is 2.23. The van der Waals surface area contributed by atoms with Gasteiger partial charge >= 0.3 is 0 Å². The Morgan fingerprint density at radius 1 is 1.41 bits per heavy atom. The number of hydrogen-bond donors (Lipinski definition) is 1. The van der Waals surface area contributed by atoms with Gasteiger partial charge in [0.15, 0.2) is 0 Å². The van der Waals surface area contributed by atoms with Crippen LogP contribution < -0.4 is 0 Å². The van der Waals surface area contributed by atoms with Crippen molar-refractivity contribution in [2.75, 3.05) is 32.9 Å². The average Bonchev–Trinajstić information content (AvgIpc) is 3.01. The zero-order chi connectivity index (χ0) is 15.6. The number of rotatable bonds is 10. The molecule has 1 aliphatic rings. The van der Waals surface area contributed by atoms with Crippen LogP contribution in [0.4, 0.5) is 0 Å². The molecule has 0 saturated carbocycles. The number of hydrogen-bond acceptors (Lipinski definition) is 4. The Balaban J connectivity index is 1.86. The topological polar surface area (TPSA) is 41.9 Å². The van der Waals surface area contributed by atoms with Crippen LogP contribution in [0.15, 0.2) is 43.0 Å². The van der Waals surface area contributed by atoms with E-state index in [2.05, 4.69) is 23.6 Å². The van der Waals surface area contributed by atoms with Gasteiger partial charge in [0.1, 0.15) is 0 Å². The summed E-state index contributed by atoms with van der Waals surface area (Å²) >= 11 is 0. The van der Waals surface area contributed by atoms with Crippen molar-refractivity contribution < 1.29 is 14.6 Å². The molecule has 2 rings (SSSR count). The van der Waals surface area contributed by atoms with Gasteiger partial charge in [0.05, 0.1) is 25.4 Å². The van der Waals surface area contributed by atoms with E-state index in [4.69, 9.17) is 9.47 Å². The Morgan fingerprint density at radius 2 is 2.23 bits per heavy atom. The molecule has 0 aliphatic carbocycles. The smallest absolute Gasteiger partial charge is 0.0900 e. The highest BCUT2D eigenvalue weighted by Crippen LogP contribution is 2.15. The van der Waals surface area contributed by atoms with Gasteiger partial charge in [-0.2, -0.15) is 0 Å². The molecule has 4 heteroatoms. The van der Waals surface area contributed by atoms with Crippen LogP contribution in [0, 0.1) is 0 Å². The van der Waals surface area contributed by atoms with Crippen molar-refractivity contribution in [2.24, 2.45) is 0 Å². The molecule has 0 radical (unpaired) electrons. The minimum Gasteiger partial charge on any atom is -0.389 e. The summed E-state index contributed by atoms with van der Waals surface area (Å²) in [6.45, 7) is 7.54. The largest absolute Gasteiger partial charge is 0.389 e. The molecular formula is C18H27NO3. The lowest BCUT2D eigenvalue weighted by atomic mass is 10.1. The Kier molecular flexibility index (Phi) is 7.60. The highest BCUT2D eigenvalue weighted by atomic mass is 16.5. The Labute approximate surface area is 133 Å². The number of ether oxygens (including phenoxy) is 2. The van der Waals surface area contributed by atoms with Gasteiger partial charge in [-0.25, -0.2) is 0 Å². The minimum atomic E-state index is -0.495. The molecule has 1 aromatic carbocycles. The van der Waals surface area contributed by atoms with Gasteiger partial charge in [-0.15, -0.1) is 6.58 Å². The molecule has 4 nitrogen and oxygen atoms in total. The second-order valence-corrected chi connectivity index (χ2v) is 5.79. The molecule has 1 fully saturated rings. The lowest BCUT2D eigenvalue weighted by Gasteiger charge is -2.27. The van der Waals surface area contributed by atoms with Gasteiger partial charge in [0.2, 0.25) is 0 Å². The monoisotopic (exact) mass is 305 g/mol. The van der Waals surface area contributed by atoms with Gasteiger partial charge < -0.3 is 14.6 Å². The van der Waals surface area contributed by atoms with Crippen molar-refractivity contribution in [3.8, 4) is 0 Å². The number of nitrogens with zero attached hydrogens (tertiary/aromatic N) is 1. The van der Waals surface area contributed by atoms with E-state index in [1.807, 2.05) is 18.2 Å². The Morgan fingerprint density at radius 3 is 2.91 bits per heavy atom. The van der Waals surface area contributed by atoms with Gasteiger partial charge in [-0.1, -0.05) is 36.4 Å². The molecule has 1 N–H and O–H groups in total. The standard InChI is InChI=1S/C18H27NO3/c1-2-10-21-15-17(20)13-19(14-18-9-6-11-22-18)12-16-7-4-3-5-8-16/h2-5,7-8,17-18,20H,1,6,9-15H2. The second kappa shape index (κ2) is 9.74. The predicted molar refractivity (Wildman–Crippen MR) is 87.7 cm³/mol. The maximum atomic E-state index is 10.2. The summed E-state index contributed by atoms with van der Waals surface area (Å²) in [5.41, 5.74) is 1.25. The lowest BCUT2D eigenvalue weighted by molar-refractivity contribution is 0.00856. The molecule has 1 heterocycles. The molecule has 0 spiro atoms. The first kappa shape index (κ1) is 17.2. The molecule has 2 unspecified atom stereocenters. The molecule has 2 atom stereocenters. The highest BCUT2D eigenvalue weighted by Gasteiger charge is 2.21. The summed E-state index contributed by atoms with van der Waals surface area (Å²) in [5.74, 6) is 0. The lowest BCUT2D eigenvalue weighted by Crippen LogP contribution is -2.39. The van der Waals surface area contributed by atoms with E-state index in [0.29, 0.717) is 19.8 Å². The van der Waals surface area contributed by atoms with Crippen LogP contribution in [0.25, 0.3) is 0 Å². The van der Waals surface area contributed by atoms with Gasteiger partial charge in [-0.05, 0) is 18.4 Å². The van der Waals surface area contributed by atoms with Gasteiger partial charge in [0, 0.05) is 26.2 Å². The third-order valence-corrected chi connectivity index (χ3v) is 3.75. The van der Waals surface area contributed by atoms with Gasteiger partial charge in [0.25, 0.3) is 0 Å². The third kappa shape index (κ3) is 6.28. The highest BCUT2D eigenvalue weighted by molar-refractivity contribution is 5.14. The average molecular weight is 305 g/mol. The fourth-order valence-corrected chi connectivity index (χ4v) is 2.76. The van der Waals surface area contributed by atoms with E-state index in [-0.39, 0.29) is 6.10 Å². The van der Waals surface area contributed by atoms with Crippen molar-refractivity contribution >= 4 is 0 Å². The molecular weight excluding hydrogens is 278 g/mol. The summed E-state index contributed by atoms with van der Waals surface area (Å²) in [4.78, 5) is 2.26. The van der Waals surface area contributed by atoms with Crippen molar-refractivity contribution in [3.63, 3.8) is 0 Å². The molecule has 1 saturated heterocycles. The van der Waals surface area contributed by atoms with Crippen LogP contribution in [0.5, 0.6) is 0 Å². The number of benzene rings is 1. The van der Waals surface area contributed by atoms with Crippen LogP contribution in [-0.2, 0) is 16.0 Å². The molecule has 0 amide bonds. The summed E-state index contributed by atoms with van der Waals surface area (Å²) in [7, 11) is 0. The van der Waals surface area contributed by atoms with Crippen LogP contribution >= 0.6 is 0 Å². The van der Waals surface area contributed by atoms with Crippen LogP contribution in [0.2, 0.25) is 0 Å². The quantitative estimate of drug-likeness (QED) is 0.532. The normalized spacial score (nSPS) is 19.5. The Bertz CT molecular complexity index is 418. The van der Waals surface area contributed by atoms with E-state index < -0.39 is 6.10 Å². The molecule has 1 aliphatic heterocycles. The zero-order valence-corrected chi connectivity index (χ0v) is 13.2. The SMILES string of the molecule is C=CCOCC(O)CN(Cc1ccccc1)CC1CCCO1. The van der Waals surface area contributed by atoms with E-state index in [0.717, 1.165) is 32.5 Å². The Hall–Kier alpha value is -1.20. The molecule has 1 aromatic rings. The maximum absolute atomic E-state index is 10.2. The minimum absolute atomic E-state index is 0.282. The van der Waals surface area contributed by atoms with E-state index >= 15 is 0 Å². The molecule has 22 heavy (non-hydrogen) atoms. The van der Waals surface area contributed by atoms with Crippen LogP contribution in [0.3, 0.4) is 0 Å². The number of aliphatic hydroxyl groups excluding tert-OH is 1. The summed E-state index contributed by atoms with van der Waals surface area (Å²) in [6, 6.07) is 10.3. The summed E-state index contributed by atoms with van der Waals surface area (Å²) in [5, 5.41) is 10.2. The maximum Gasteiger partial charge on any atom is 0.0900 e. The first-order chi connectivity index (χ1) is 10.8. The number of aliphatic hydroxyl groups is 1. The zero-order valence-electron chi connectivity index (χ0n) is 13.2. The molecule has 122 valence electrons. The van der Waals surface area contributed by atoms with E-state index in [1.54, 1.807) is 6.08 Å². The van der Waals surface area contributed by atoms with Gasteiger partial charge in [-0.3, -0.25) is 4.90 Å². The van der Waals surface area contributed by atoms with Crippen molar-refractivity contribution in [1.29, 1.82) is 0 Å². The van der Waals surface area contributed by atoms with Crippen molar-refractivity contribution in [2.45, 2.75) is 31.6 Å². The van der Waals surface area contributed by atoms with E-state index in [1.165, 1.54) is 5.56 Å². The van der Waals surface area contributed by atoms with Crippen LogP contribution in [-0.4, -0.2) is 55.1 Å². The summed E-state index contributed by atoms with van der Waals surface area (Å²) < 4.78 is 11.1. The molecule has 0 bridgehead atoms. The van der Waals surface area contributed by atoms with Crippen molar-refractivity contribution in [1.82, 2.24) is 4.90 Å². The fourth-order valence-electron chi connectivity index (χ4n) is 2.76. The fraction of sp³-hybridized carbons (Fsp3) is 0.556. The second-order valence-electron chi connectivity index (χ2n) is 5.79. The van der Waals surface area contributed by atoms with Crippen LogP contribution in [0.1, 0.15) is 18.4 Å². The first-order valence-electron chi connectivity index (χ1n) is 8.02.